The number of benzene rings is 2. The summed E-state index contributed by atoms with van der Waals surface area (Å²) < 4.78 is 49.6. The Morgan fingerprint density at radius 1 is 1.06 bits per heavy atom. The molecule has 0 atom stereocenters. The first-order valence-electron chi connectivity index (χ1n) is 8.77. The molecule has 160 valence electrons. The van der Waals surface area contributed by atoms with Gasteiger partial charge in [-0.3, -0.25) is 10.1 Å². The summed E-state index contributed by atoms with van der Waals surface area (Å²) in [5.74, 6) is -1.34. The van der Waals surface area contributed by atoms with E-state index in [-0.39, 0.29) is 23.1 Å². The van der Waals surface area contributed by atoms with E-state index >= 15 is 0 Å². The van der Waals surface area contributed by atoms with E-state index in [9.17, 15) is 22.8 Å². The maximum atomic E-state index is 13.1. The van der Waals surface area contributed by atoms with Crippen molar-refractivity contribution in [1.29, 1.82) is 0 Å². The van der Waals surface area contributed by atoms with Crippen LogP contribution in [0.15, 0.2) is 47.5 Å². The van der Waals surface area contributed by atoms with E-state index in [0.29, 0.717) is 22.6 Å². The Kier molecular flexibility index (Phi) is 5.55. The van der Waals surface area contributed by atoms with E-state index in [4.69, 9.17) is 9.47 Å². The Morgan fingerprint density at radius 2 is 1.84 bits per heavy atom. The minimum Gasteiger partial charge on any atom is -0.454 e. The summed E-state index contributed by atoms with van der Waals surface area (Å²) in [6.07, 6.45) is -4.73. The topological polar surface area (TPSA) is 102 Å². The van der Waals surface area contributed by atoms with Gasteiger partial charge in [0.2, 0.25) is 18.5 Å². The van der Waals surface area contributed by atoms with Crippen LogP contribution in [0, 0.1) is 0 Å². The number of hydrogen-bond donors (Lipinski definition) is 2. The summed E-state index contributed by atoms with van der Waals surface area (Å²) >= 11 is 0.773. The number of anilines is 1. The van der Waals surface area contributed by atoms with Crippen LogP contribution in [0.3, 0.4) is 0 Å². The number of fused-ring (bicyclic) bond motifs is 2. The van der Waals surface area contributed by atoms with Gasteiger partial charge in [0.1, 0.15) is 5.03 Å². The van der Waals surface area contributed by atoms with Crippen molar-refractivity contribution in [3.63, 3.8) is 0 Å². The standard InChI is InChI=1S/C19H13F3N4O4S/c20-19(21,22)17-24-12-4-2-1-3-11(12)16(26-17)31-8-15(27)25-18(28)23-10-5-6-13-14(7-10)30-9-29-13/h1-7H,8-9H2,(H2,23,25,27,28). The predicted molar refractivity (Wildman–Crippen MR) is 105 cm³/mol. The molecule has 0 saturated carbocycles. The van der Waals surface area contributed by atoms with Crippen LogP contribution in [0.5, 0.6) is 11.5 Å². The van der Waals surface area contributed by atoms with Gasteiger partial charge in [0.25, 0.3) is 0 Å². The number of hydrogen-bond acceptors (Lipinski definition) is 7. The highest BCUT2D eigenvalue weighted by molar-refractivity contribution is 8.00. The first-order chi connectivity index (χ1) is 14.8. The fraction of sp³-hybridized carbons (Fsp3) is 0.158. The summed E-state index contributed by atoms with van der Waals surface area (Å²) in [6, 6.07) is 10.1. The third-order valence-corrected chi connectivity index (χ3v) is 5.04. The number of halogens is 3. The molecule has 0 bridgehead atoms. The molecule has 3 amide bonds. The Balaban J connectivity index is 1.40. The van der Waals surface area contributed by atoms with Crippen LogP contribution < -0.4 is 20.1 Å². The van der Waals surface area contributed by atoms with Gasteiger partial charge in [0.15, 0.2) is 11.5 Å². The van der Waals surface area contributed by atoms with Gasteiger partial charge in [-0.1, -0.05) is 30.0 Å². The second-order valence-corrected chi connectivity index (χ2v) is 7.19. The maximum Gasteiger partial charge on any atom is 0.451 e. The van der Waals surface area contributed by atoms with Crippen LogP contribution in [0.4, 0.5) is 23.7 Å². The predicted octanol–water partition coefficient (Wildman–Crippen LogP) is 3.82. The van der Waals surface area contributed by atoms with Gasteiger partial charge >= 0.3 is 12.2 Å². The normalized spacial score (nSPS) is 12.6. The fourth-order valence-electron chi connectivity index (χ4n) is 2.72. The van der Waals surface area contributed by atoms with E-state index in [0.717, 1.165) is 11.8 Å². The molecule has 2 heterocycles. The third-order valence-electron chi connectivity index (χ3n) is 4.05. The van der Waals surface area contributed by atoms with Gasteiger partial charge in [-0.05, 0) is 18.2 Å². The second-order valence-electron chi connectivity index (χ2n) is 6.23. The van der Waals surface area contributed by atoms with Gasteiger partial charge in [0.05, 0.1) is 11.3 Å². The average Bonchev–Trinajstić information content (AvgIpc) is 3.19. The Labute approximate surface area is 177 Å². The molecule has 12 heteroatoms. The van der Waals surface area contributed by atoms with E-state index in [2.05, 4.69) is 20.6 Å². The number of para-hydroxylation sites is 1. The zero-order valence-corrected chi connectivity index (χ0v) is 16.3. The number of urea groups is 1. The Bertz CT molecular complexity index is 1170. The first-order valence-corrected chi connectivity index (χ1v) is 9.75. The van der Waals surface area contributed by atoms with Gasteiger partial charge in [0, 0.05) is 17.1 Å². The highest BCUT2D eigenvalue weighted by atomic mass is 32.2. The zero-order chi connectivity index (χ0) is 22.0. The third kappa shape index (κ3) is 4.79. The van der Waals surface area contributed by atoms with Crippen molar-refractivity contribution < 1.29 is 32.2 Å². The molecular weight excluding hydrogens is 437 g/mol. The van der Waals surface area contributed by atoms with Gasteiger partial charge < -0.3 is 14.8 Å². The zero-order valence-electron chi connectivity index (χ0n) is 15.5. The molecule has 0 saturated heterocycles. The van der Waals surface area contributed by atoms with Crippen molar-refractivity contribution in [3.8, 4) is 11.5 Å². The number of imide groups is 1. The molecule has 0 aliphatic carbocycles. The monoisotopic (exact) mass is 450 g/mol. The molecule has 0 unspecified atom stereocenters. The van der Waals surface area contributed by atoms with Crippen molar-refractivity contribution in [2.75, 3.05) is 17.9 Å². The number of nitrogens with one attached hydrogen (secondary N) is 2. The molecule has 4 rings (SSSR count). The second kappa shape index (κ2) is 8.30. The lowest BCUT2D eigenvalue weighted by atomic mass is 10.2. The summed E-state index contributed by atoms with van der Waals surface area (Å²) in [5, 5.41) is 4.94. The Morgan fingerprint density at radius 3 is 2.65 bits per heavy atom. The molecule has 1 aliphatic rings. The molecular formula is C19H13F3N4O4S. The number of thioether (sulfide) groups is 1. The number of alkyl halides is 3. The van der Waals surface area contributed by atoms with E-state index in [1.165, 1.54) is 12.1 Å². The minimum atomic E-state index is -4.73. The van der Waals surface area contributed by atoms with E-state index in [1.54, 1.807) is 30.3 Å². The number of carbonyl (C=O) groups is 2. The van der Waals surface area contributed by atoms with Crippen LogP contribution in [-0.4, -0.2) is 34.5 Å². The van der Waals surface area contributed by atoms with Crippen LogP contribution in [0.1, 0.15) is 5.82 Å². The van der Waals surface area contributed by atoms with E-state index < -0.39 is 23.9 Å². The summed E-state index contributed by atoms with van der Waals surface area (Å²) in [7, 11) is 0. The SMILES string of the molecule is O=C(CSc1nc(C(F)(F)F)nc2ccccc12)NC(=O)Nc1ccc2c(c1)OCO2. The number of aromatic nitrogens is 2. The fourth-order valence-corrected chi connectivity index (χ4v) is 3.54. The van der Waals surface area contributed by atoms with Crippen LogP contribution in [-0.2, 0) is 11.0 Å². The first kappa shape index (κ1) is 20.7. The van der Waals surface area contributed by atoms with Crippen molar-refractivity contribution in [3.05, 3.63) is 48.3 Å². The van der Waals surface area contributed by atoms with Crippen molar-refractivity contribution in [2.24, 2.45) is 0 Å². The average molecular weight is 450 g/mol. The molecule has 0 radical (unpaired) electrons. The molecule has 8 nitrogen and oxygen atoms in total. The molecule has 1 aromatic heterocycles. The molecule has 31 heavy (non-hydrogen) atoms. The van der Waals surface area contributed by atoms with Gasteiger partial charge in [-0.25, -0.2) is 14.8 Å². The van der Waals surface area contributed by atoms with Crippen LogP contribution in [0.25, 0.3) is 10.9 Å². The number of rotatable bonds is 4. The lowest BCUT2D eigenvalue weighted by molar-refractivity contribution is -0.145. The molecule has 0 spiro atoms. The number of carbonyl (C=O) groups excluding carboxylic acids is 2. The number of amides is 3. The van der Waals surface area contributed by atoms with Crippen LogP contribution in [0.2, 0.25) is 0 Å². The maximum absolute atomic E-state index is 13.1. The molecule has 2 N–H and O–H groups in total. The summed E-state index contributed by atoms with van der Waals surface area (Å²) in [5.41, 5.74) is 0.479. The molecule has 1 aliphatic heterocycles. The highest BCUT2D eigenvalue weighted by Crippen LogP contribution is 2.34. The largest absolute Gasteiger partial charge is 0.454 e. The summed E-state index contributed by atoms with van der Waals surface area (Å²) in [6.45, 7) is 0.0778. The quantitative estimate of drug-likeness (QED) is 0.460. The minimum absolute atomic E-state index is 0.00995. The smallest absolute Gasteiger partial charge is 0.451 e. The van der Waals surface area contributed by atoms with Gasteiger partial charge in [-0.15, -0.1) is 0 Å². The van der Waals surface area contributed by atoms with Crippen molar-refractivity contribution >= 4 is 40.3 Å². The Hall–Kier alpha value is -3.54. The number of nitrogens with zero attached hydrogens (tertiary/aromatic N) is 2. The number of ether oxygens (including phenoxy) is 2. The molecule has 3 aromatic rings. The van der Waals surface area contributed by atoms with Crippen molar-refractivity contribution in [2.45, 2.75) is 11.2 Å². The highest BCUT2D eigenvalue weighted by Gasteiger charge is 2.35. The summed E-state index contributed by atoms with van der Waals surface area (Å²) in [4.78, 5) is 31.2. The molecule has 2 aromatic carbocycles. The molecule has 0 fully saturated rings. The van der Waals surface area contributed by atoms with E-state index in [1.807, 2.05) is 0 Å². The van der Waals surface area contributed by atoms with Crippen molar-refractivity contribution in [1.82, 2.24) is 15.3 Å². The van der Waals surface area contributed by atoms with Gasteiger partial charge in [-0.2, -0.15) is 13.2 Å². The lowest BCUT2D eigenvalue weighted by Gasteiger charge is -2.10. The van der Waals surface area contributed by atoms with Crippen LogP contribution >= 0.6 is 11.8 Å². The lowest BCUT2D eigenvalue weighted by Crippen LogP contribution is -2.35.